The number of rotatable bonds is 4. The number of hydrogen-bond donors (Lipinski definition) is 0. The van der Waals surface area contributed by atoms with Crippen molar-refractivity contribution in [2.75, 3.05) is 0 Å². The Hall–Kier alpha value is -6.65. The lowest BCUT2D eigenvalue weighted by molar-refractivity contribution is 0.670. The summed E-state index contributed by atoms with van der Waals surface area (Å²) in [5.41, 5.74) is 6.53. The number of hydrogen-bond acceptors (Lipinski definition) is 4. The van der Waals surface area contributed by atoms with Gasteiger partial charge in [-0.25, -0.2) is 15.0 Å². The van der Waals surface area contributed by atoms with Gasteiger partial charge < -0.3 is 4.42 Å². The molecule has 0 N–H and O–H groups in total. The zero-order valence-electron chi connectivity index (χ0n) is 26.3. The molecular formula is C45H27N3O. The van der Waals surface area contributed by atoms with E-state index < -0.39 is 0 Å². The van der Waals surface area contributed by atoms with Crippen LogP contribution in [0.3, 0.4) is 0 Å². The fourth-order valence-corrected chi connectivity index (χ4v) is 7.02. The molecule has 10 rings (SSSR count). The van der Waals surface area contributed by atoms with Crippen molar-refractivity contribution in [3.05, 3.63) is 164 Å². The van der Waals surface area contributed by atoms with Gasteiger partial charge in [0.1, 0.15) is 11.2 Å². The Kier molecular flexibility index (Phi) is 6.15. The highest BCUT2D eigenvalue weighted by molar-refractivity contribution is 6.12. The van der Waals surface area contributed by atoms with E-state index in [4.69, 9.17) is 19.4 Å². The fourth-order valence-electron chi connectivity index (χ4n) is 7.02. The standard InChI is InChI=1S/C45H27N3O/c1-2-12-31(13-3-1)43-46-44(34-23-21-30-20-19-29-11-6-7-15-36(29)38(30)25-34)48-45(47-43)35-26-39(33-22-18-28-10-4-5-14-32(28)24-33)42-40(27-35)37-16-8-9-17-41(37)49-42/h1-27H. The molecule has 0 saturated heterocycles. The van der Waals surface area contributed by atoms with E-state index in [2.05, 4.69) is 121 Å². The highest BCUT2D eigenvalue weighted by Crippen LogP contribution is 2.40. The molecule has 0 aliphatic rings. The lowest BCUT2D eigenvalue weighted by atomic mass is 9.96. The molecule has 0 spiro atoms. The van der Waals surface area contributed by atoms with E-state index in [0.29, 0.717) is 17.5 Å². The van der Waals surface area contributed by atoms with Gasteiger partial charge in [0.2, 0.25) is 0 Å². The van der Waals surface area contributed by atoms with Gasteiger partial charge in [0.15, 0.2) is 17.5 Å². The van der Waals surface area contributed by atoms with Crippen LogP contribution in [0.1, 0.15) is 0 Å². The molecule has 49 heavy (non-hydrogen) atoms. The van der Waals surface area contributed by atoms with E-state index in [9.17, 15) is 0 Å². The average Bonchev–Trinajstić information content (AvgIpc) is 3.56. The van der Waals surface area contributed by atoms with Crippen molar-refractivity contribution in [3.63, 3.8) is 0 Å². The molecule has 0 amide bonds. The molecule has 0 aliphatic heterocycles. The third-order valence-corrected chi connectivity index (χ3v) is 9.47. The molecular weight excluding hydrogens is 599 g/mol. The van der Waals surface area contributed by atoms with Crippen LogP contribution in [0.25, 0.3) is 99.5 Å². The maximum Gasteiger partial charge on any atom is 0.164 e. The first kappa shape index (κ1) is 27.5. The summed E-state index contributed by atoms with van der Waals surface area (Å²) < 4.78 is 6.55. The van der Waals surface area contributed by atoms with Crippen LogP contribution in [-0.2, 0) is 0 Å². The maximum absolute atomic E-state index is 6.55. The number of nitrogens with zero attached hydrogens (tertiary/aromatic N) is 3. The number of aromatic nitrogens is 3. The number of para-hydroxylation sites is 1. The molecule has 4 nitrogen and oxygen atoms in total. The van der Waals surface area contributed by atoms with Gasteiger partial charge in [-0.1, -0.05) is 133 Å². The van der Waals surface area contributed by atoms with Crippen molar-refractivity contribution < 1.29 is 4.42 Å². The van der Waals surface area contributed by atoms with Crippen LogP contribution in [0.2, 0.25) is 0 Å². The molecule has 0 atom stereocenters. The Morgan fingerprint density at radius 1 is 0.327 bits per heavy atom. The third-order valence-electron chi connectivity index (χ3n) is 9.47. The van der Waals surface area contributed by atoms with Crippen LogP contribution >= 0.6 is 0 Å². The summed E-state index contributed by atoms with van der Waals surface area (Å²) in [4.78, 5) is 15.4. The molecule has 0 fully saturated rings. The number of benzene rings is 8. The predicted molar refractivity (Wildman–Crippen MR) is 201 cm³/mol. The van der Waals surface area contributed by atoms with Gasteiger partial charge in [-0.05, 0) is 68.2 Å². The fraction of sp³-hybridized carbons (Fsp3) is 0. The van der Waals surface area contributed by atoms with Crippen molar-refractivity contribution in [2.24, 2.45) is 0 Å². The summed E-state index contributed by atoms with van der Waals surface area (Å²) >= 11 is 0. The Balaban J connectivity index is 1.24. The summed E-state index contributed by atoms with van der Waals surface area (Å²) in [7, 11) is 0. The molecule has 2 aromatic heterocycles. The van der Waals surface area contributed by atoms with Crippen LogP contribution in [-0.4, -0.2) is 15.0 Å². The van der Waals surface area contributed by atoms with Gasteiger partial charge in [0.05, 0.1) is 0 Å². The van der Waals surface area contributed by atoms with Gasteiger partial charge in [-0.3, -0.25) is 0 Å². The zero-order chi connectivity index (χ0) is 32.3. The SMILES string of the molecule is c1ccc(-c2nc(-c3ccc4ccc5ccccc5c4c3)nc(-c3cc(-c4ccc5ccccc5c4)c4oc5ccccc5c4c3)n2)cc1. The first-order valence-electron chi connectivity index (χ1n) is 16.4. The van der Waals surface area contributed by atoms with E-state index in [1.807, 2.05) is 42.5 Å². The summed E-state index contributed by atoms with van der Waals surface area (Å²) in [6.45, 7) is 0. The van der Waals surface area contributed by atoms with E-state index in [1.165, 1.54) is 32.3 Å². The first-order chi connectivity index (χ1) is 24.2. The molecule has 0 unspecified atom stereocenters. The minimum atomic E-state index is 0.607. The van der Waals surface area contributed by atoms with E-state index >= 15 is 0 Å². The molecule has 0 bridgehead atoms. The summed E-state index contributed by atoms with van der Waals surface area (Å²) in [5.74, 6) is 1.86. The van der Waals surface area contributed by atoms with E-state index in [-0.39, 0.29) is 0 Å². The highest BCUT2D eigenvalue weighted by Gasteiger charge is 2.19. The quantitative estimate of drug-likeness (QED) is 0.183. The lowest BCUT2D eigenvalue weighted by Gasteiger charge is -2.12. The van der Waals surface area contributed by atoms with Crippen molar-refractivity contribution in [2.45, 2.75) is 0 Å². The minimum absolute atomic E-state index is 0.607. The summed E-state index contributed by atoms with van der Waals surface area (Å²) in [6.07, 6.45) is 0. The van der Waals surface area contributed by atoms with Crippen LogP contribution in [0, 0.1) is 0 Å². The van der Waals surface area contributed by atoms with Crippen LogP contribution in [0.5, 0.6) is 0 Å². The van der Waals surface area contributed by atoms with Crippen molar-refractivity contribution in [1.82, 2.24) is 15.0 Å². The smallest absolute Gasteiger partial charge is 0.164 e. The normalized spacial score (nSPS) is 11.7. The largest absolute Gasteiger partial charge is 0.455 e. The van der Waals surface area contributed by atoms with Crippen LogP contribution in [0.4, 0.5) is 0 Å². The van der Waals surface area contributed by atoms with Gasteiger partial charge in [-0.15, -0.1) is 0 Å². The Morgan fingerprint density at radius 2 is 0.898 bits per heavy atom. The van der Waals surface area contributed by atoms with Gasteiger partial charge in [-0.2, -0.15) is 0 Å². The molecule has 0 radical (unpaired) electrons. The molecule has 10 aromatic rings. The van der Waals surface area contributed by atoms with E-state index in [1.54, 1.807) is 0 Å². The Labute approximate surface area is 282 Å². The second kappa shape index (κ2) is 11.0. The minimum Gasteiger partial charge on any atom is -0.455 e. The molecule has 0 saturated carbocycles. The molecule has 4 heteroatoms. The van der Waals surface area contributed by atoms with Crippen molar-refractivity contribution in [1.29, 1.82) is 0 Å². The van der Waals surface area contributed by atoms with Gasteiger partial charge in [0, 0.05) is 33.0 Å². The van der Waals surface area contributed by atoms with Gasteiger partial charge in [0.25, 0.3) is 0 Å². The molecule has 228 valence electrons. The van der Waals surface area contributed by atoms with Crippen molar-refractivity contribution in [3.8, 4) is 45.3 Å². The molecule has 2 heterocycles. The molecule has 0 aliphatic carbocycles. The molecule has 8 aromatic carbocycles. The maximum atomic E-state index is 6.55. The van der Waals surface area contributed by atoms with Gasteiger partial charge >= 0.3 is 0 Å². The Morgan fingerprint density at radius 3 is 1.73 bits per heavy atom. The van der Waals surface area contributed by atoms with Crippen LogP contribution in [0.15, 0.2) is 168 Å². The van der Waals surface area contributed by atoms with E-state index in [0.717, 1.165) is 49.8 Å². The van der Waals surface area contributed by atoms with Crippen LogP contribution < -0.4 is 0 Å². The third kappa shape index (κ3) is 4.65. The summed E-state index contributed by atoms with van der Waals surface area (Å²) in [6, 6.07) is 57.0. The Bertz CT molecular complexity index is 2890. The second-order valence-corrected chi connectivity index (χ2v) is 12.5. The highest BCUT2D eigenvalue weighted by atomic mass is 16.3. The summed E-state index contributed by atoms with van der Waals surface area (Å²) in [5, 5.41) is 9.21. The average molecular weight is 626 g/mol. The second-order valence-electron chi connectivity index (χ2n) is 12.5. The monoisotopic (exact) mass is 625 g/mol. The predicted octanol–water partition coefficient (Wildman–Crippen LogP) is 11.9. The topological polar surface area (TPSA) is 51.8 Å². The number of furan rings is 1. The zero-order valence-corrected chi connectivity index (χ0v) is 26.3. The van der Waals surface area contributed by atoms with Crippen molar-refractivity contribution >= 4 is 54.3 Å². The number of fused-ring (bicyclic) bond motifs is 7. The lowest BCUT2D eigenvalue weighted by Crippen LogP contribution is -2.00. The first-order valence-corrected chi connectivity index (χ1v) is 16.4.